The molecule has 0 nitrogen and oxygen atoms in total. The minimum atomic E-state index is -0.521. The molecule has 0 bridgehead atoms. The predicted molar refractivity (Wildman–Crippen MR) is 48.4 cm³/mol. The fourth-order valence-electron chi connectivity index (χ4n) is 0. The van der Waals surface area contributed by atoms with E-state index in [0.717, 1.165) is 12.2 Å². The molecule has 0 amide bonds. The summed E-state index contributed by atoms with van der Waals surface area (Å²) in [5.74, 6) is 0. The van der Waals surface area contributed by atoms with Gasteiger partial charge in [-0.2, -0.15) is 0 Å². The van der Waals surface area contributed by atoms with Crippen LogP contribution in [0.25, 0.3) is 0 Å². The Morgan fingerprint density at radius 1 is 1.18 bits per heavy atom. The Bertz CT molecular complexity index is 540. The molecule has 0 aliphatic carbocycles. The van der Waals surface area contributed by atoms with Gasteiger partial charge in [0.05, 0.1) is 0 Å². The molecule has 0 atom stereocenters. The van der Waals surface area contributed by atoms with Gasteiger partial charge in [0.25, 0.3) is 0 Å². The fraction of sp³-hybridized carbons (Fsp3) is 0. The maximum atomic E-state index is 4.07. The molecule has 0 aromatic rings. The van der Waals surface area contributed by atoms with Crippen LogP contribution in [0.2, 0.25) is 0 Å². The molecule has 0 N–H and O–H groups in total. The second kappa shape index (κ2) is 24.6. The molecule has 66 valence electrons. The van der Waals surface area contributed by atoms with Crippen LogP contribution in [0.5, 0.6) is 0 Å². The number of hydrogen-bond acceptors (Lipinski definition) is 0. The zero-order valence-corrected chi connectivity index (χ0v) is 17.8. The third kappa shape index (κ3) is 67.6. The van der Waals surface area contributed by atoms with Crippen LogP contribution >= 0.6 is 50.0 Å². The third-order valence-electron chi connectivity index (χ3n) is 0.0333. The summed E-state index contributed by atoms with van der Waals surface area (Å²) >= 11 is 1.15. The van der Waals surface area contributed by atoms with Crippen LogP contribution < -0.4 is 0 Å². The van der Waals surface area contributed by atoms with Crippen molar-refractivity contribution >= 4 is 50.0 Å². The van der Waals surface area contributed by atoms with Crippen molar-refractivity contribution in [3.8, 4) is 0 Å². The molecule has 0 aliphatic heterocycles. The minimum absolute atomic E-state index is 0.0660. The van der Waals surface area contributed by atoms with Crippen LogP contribution in [0, 0.1) is 0 Å². The van der Waals surface area contributed by atoms with Gasteiger partial charge in [0.1, 0.15) is 0 Å². The van der Waals surface area contributed by atoms with Gasteiger partial charge < -0.3 is 0 Å². The summed E-state index contributed by atoms with van der Waals surface area (Å²) in [7, 11) is 17.9. The van der Waals surface area contributed by atoms with Crippen molar-refractivity contribution in [3.63, 3.8) is 0 Å². The summed E-state index contributed by atoms with van der Waals surface area (Å²) in [6.07, 6.45) is 0. The average molecular weight is 614 g/mol. The van der Waals surface area contributed by atoms with E-state index in [1.807, 2.05) is 0 Å². The van der Waals surface area contributed by atoms with E-state index in [9.17, 15) is 0 Å². The van der Waals surface area contributed by atoms with E-state index in [4.69, 9.17) is 0 Å². The van der Waals surface area contributed by atoms with E-state index in [0.29, 0.717) is 0 Å². The van der Waals surface area contributed by atoms with Crippen molar-refractivity contribution in [2.24, 2.45) is 0 Å². The molecule has 0 rings (SSSR count). The first-order valence-corrected chi connectivity index (χ1v) is 24.8. The summed E-state index contributed by atoms with van der Waals surface area (Å²) in [5, 5.41) is 0. The van der Waals surface area contributed by atoms with Crippen LogP contribution in [0.15, 0.2) is 0 Å². The van der Waals surface area contributed by atoms with Crippen molar-refractivity contribution in [2.45, 2.75) is 0 Å². The molecule has 11 heteroatoms. The Labute approximate surface area is 99.2 Å². The normalized spacial score (nSPS) is 4.82. The first kappa shape index (κ1) is 21.6. The van der Waals surface area contributed by atoms with Gasteiger partial charge in [0, 0.05) is 0 Å². The molecule has 0 aliphatic rings. The second-order valence-corrected chi connectivity index (χ2v) is 31.4. The monoisotopic (exact) mass is 616 g/mol. The first-order chi connectivity index (χ1) is 5.06. The van der Waals surface area contributed by atoms with Crippen LogP contribution in [0.3, 0.4) is 0 Å². The second-order valence-electron chi connectivity index (χ2n) is 0.412. The van der Waals surface area contributed by atoms with Crippen molar-refractivity contribution in [1.29, 1.82) is 0 Å². The van der Waals surface area contributed by atoms with Crippen molar-refractivity contribution in [2.75, 3.05) is 0 Å². The van der Waals surface area contributed by atoms with Gasteiger partial charge in [0.15, 0.2) is 0 Å². The van der Waals surface area contributed by atoms with E-state index in [1.165, 1.54) is 0 Å². The summed E-state index contributed by atoms with van der Waals surface area (Å²) in [4.78, 5) is 0. The van der Waals surface area contributed by atoms with E-state index in [-0.39, 0.29) is 28.7 Å². The van der Waals surface area contributed by atoms with E-state index < -0.39 is 10.3 Å². The van der Waals surface area contributed by atoms with Crippen molar-refractivity contribution in [1.82, 2.24) is 0 Å². The number of hydrogen-bond donors (Lipinski definition) is 0. The molecule has 0 saturated heterocycles. The SMILES string of the molecule is [P]#[Co](#[P])#[P].[P]#[Mo][W]#[P].[P]#[Ni]#[P]. The predicted octanol–water partition coefficient (Wildman–Crippen LogP) is 6.02. The standard InChI is InChI=1S/Co.Mo.Ni.7P.W. The molecule has 0 unspecified atom stereocenters. The molecule has 11 heavy (non-hydrogen) atoms. The summed E-state index contributed by atoms with van der Waals surface area (Å²) < 4.78 is 0. The van der Waals surface area contributed by atoms with E-state index >= 15 is 0 Å². The van der Waals surface area contributed by atoms with Gasteiger partial charge >= 0.3 is 101 Å². The first-order valence-electron chi connectivity index (χ1n) is 1.26. The maximum absolute atomic E-state index is 4.07. The van der Waals surface area contributed by atoms with E-state index in [1.54, 1.807) is 0 Å². The number of rotatable bonds is 0. The third-order valence-corrected chi connectivity index (χ3v) is 14.5. The molecular formula is CoMoNiP7W. The zero-order valence-electron chi connectivity index (χ0n) is 4.60. The molecule has 0 fully saturated rings. The fourth-order valence-corrected chi connectivity index (χ4v) is 0. The van der Waals surface area contributed by atoms with E-state index in [2.05, 4.69) is 50.0 Å². The van der Waals surface area contributed by atoms with Gasteiger partial charge in [-0.05, 0) is 0 Å². The Morgan fingerprint density at radius 3 is 1.27 bits per heavy atom. The Morgan fingerprint density at radius 2 is 1.27 bits per heavy atom. The topological polar surface area (TPSA) is 0 Å². The van der Waals surface area contributed by atoms with Gasteiger partial charge in [-0.1, -0.05) is 0 Å². The van der Waals surface area contributed by atoms with Crippen LogP contribution in [-0.2, 0) is 51.2 Å². The molecular weight excluding hydrogens is 614 g/mol. The molecule has 0 radical (unpaired) electrons. The van der Waals surface area contributed by atoms with Gasteiger partial charge in [-0.15, -0.1) is 0 Å². The van der Waals surface area contributed by atoms with Crippen LogP contribution in [0.1, 0.15) is 0 Å². The molecule has 0 saturated carbocycles. The Hall–Kier alpha value is 5.39. The van der Waals surface area contributed by atoms with Crippen molar-refractivity contribution in [3.05, 3.63) is 0 Å². The quantitative estimate of drug-likeness (QED) is 0.232. The van der Waals surface area contributed by atoms with Crippen molar-refractivity contribution < 1.29 is 51.2 Å². The molecule has 0 heterocycles. The van der Waals surface area contributed by atoms with Crippen LogP contribution in [-0.4, -0.2) is 0 Å². The Balaban J connectivity index is -0.0000000886. The summed E-state index contributed by atoms with van der Waals surface area (Å²) in [6, 6.07) is 0. The zero-order chi connectivity index (χ0) is 9.70. The summed E-state index contributed by atoms with van der Waals surface area (Å²) in [6.45, 7) is 8.12. The van der Waals surface area contributed by atoms with Gasteiger partial charge in [-0.3, -0.25) is 0 Å². The molecule has 0 aromatic heterocycles. The molecule has 0 aromatic carbocycles. The van der Waals surface area contributed by atoms with Gasteiger partial charge in [-0.25, -0.2) is 0 Å². The average Bonchev–Trinajstić information content (AvgIpc) is 1.88. The van der Waals surface area contributed by atoms with Crippen LogP contribution in [0.4, 0.5) is 0 Å². The Kier molecular flexibility index (Phi) is 48.3. The molecule has 0 spiro atoms. The van der Waals surface area contributed by atoms with Gasteiger partial charge in [0.2, 0.25) is 0 Å². The summed E-state index contributed by atoms with van der Waals surface area (Å²) in [5.41, 5.74) is 0.